The third kappa shape index (κ3) is 3.95. The lowest BCUT2D eigenvalue weighted by Gasteiger charge is -2.34. The summed E-state index contributed by atoms with van der Waals surface area (Å²) in [6.45, 7) is 2.19. The van der Waals surface area contributed by atoms with E-state index in [9.17, 15) is 0 Å². The molecule has 4 heteroatoms. The minimum atomic E-state index is -0.505. The maximum Gasteiger partial charge on any atom is 0.167 e. The summed E-state index contributed by atoms with van der Waals surface area (Å²) in [5.74, 6) is 2.79. The molecular formula is C38H27N3O. The molecule has 0 spiro atoms. The van der Waals surface area contributed by atoms with Gasteiger partial charge in [-0.15, -0.1) is 0 Å². The number of aromatic nitrogens is 3. The van der Waals surface area contributed by atoms with E-state index in [0.717, 1.165) is 33.6 Å². The van der Waals surface area contributed by atoms with Crippen LogP contribution in [0.2, 0.25) is 0 Å². The largest absolute Gasteiger partial charge is 0.481 e. The molecule has 0 N–H and O–H groups in total. The van der Waals surface area contributed by atoms with Crippen molar-refractivity contribution in [1.82, 2.24) is 15.0 Å². The SMILES string of the molecule is CC12Oc3c(-c4nc(-c5ccccc5)nc(-c5ccc(-c6ccccc6)cc5)n4)cccc3C1C=Cc1ccccc12. The zero-order valence-corrected chi connectivity index (χ0v) is 23.1. The first-order chi connectivity index (χ1) is 20.7. The van der Waals surface area contributed by atoms with Crippen LogP contribution < -0.4 is 4.74 Å². The molecular weight excluding hydrogens is 514 g/mol. The Morgan fingerprint density at radius 2 is 1.12 bits per heavy atom. The third-order valence-electron chi connectivity index (χ3n) is 8.41. The number of nitrogens with zero attached hydrogens (tertiary/aromatic N) is 3. The third-order valence-corrected chi connectivity index (χ3v) is 8.41. The first-order valence-corrected chi connectivity index (χ1v) is 14.2. The molecule has 1 aromatic heterocycles. The van der Waals surface area contributed by atoms with E-state index >= 15 is 0 Å². The Morgan fingerprint density at radius 1 is 0.548 bits per heavy atom. The lowest BCUT2D eigenvalue weighted by Crippen LogP contribution is -2.33. The number of benzene rings is 5. The van der Waals surface area contributed by atoms with E-state index in [1.54, 1.807) is 0 Å². The highest BCUT2D eigenvalue weighted by molar-refractivity contribution is 5.76. The average molecular weight is 542 g/mol. The van der Waals surface area contributed by atoms with Gasteiger partial charge in [-0.05, 0) is 29.7 Å². The highest BCUT2D eigenvalue weighted by atomic mass is 16.5. The monoisotopic (exact) mass is 541 g/mol. The Labute approximate surface area is 245 Å². The van der Waals surface area contributed by atoms with Crippen molar-refractivity contribution in [3.05, 3.63) is 150 Å². The summed E-state index contributed by atoms with van der Waals surface area (Å²) in [6, 6.07) is 43.6. The van der Waals surface area contributed by atoms with Crippen LogP contribution in [0.15, 0.2) is 133 Å². The Bertz CT molecular complexity index is 1970. The van der Waals surface area contributed by atoms with Crippen molar-refractivity contribution < 1.29 is 4.74 Å². The van der Waals surface area contributed by atoms with Gasteiger partial charge >= 0.3 is 0 Å². The summed E-state index contributed by atoms with van der Waals surface area (Å²) >= 11 is 0. The highest BCUT2D eigenvalue weighted by Crippen LogP contribution is 2.56. The van der Waals surface area contributed by atoms with E-state index in [1.165, 1.54) is 16.7 Å². The van der Waals surface area contributed by atoms with Crippen LogP contribution in [-0.2, 0) is 5.60 Å². The van der Waals surface area contributed by atoms with Crippen LogP contribution in [0.5, 0.6) is 5.75 Å². The van der Waals surface area contributed by atoms with Crippen LogP contribution in [0.4, 0.5) is 0 Å². The fourth-order valence-electron chi connectivity index (χ4n) is 6.25. The molecule has 5 aromatic carbocycles. The maximum absolute atomic E-state index is 6.91. The summed E-state index contributed by atoms with van der Waals surface area (Å²) in [4.78, 5) is 15.0. The van der Waals surface area contributed by atoms with Crippen LogP contribution in [-0.4, -0.2) is 15.0 Å². The highest BCUT2D eigenvalue weighted by Gasteiger charge is 2.48. The van der Waals surface area contributed by atoms with Gasteiger partial charge in [0.15, 0.2) is 17.5 Å². The topological polar surface area (TPSA) is 47.9 Å². The van der Waals surface area contributed by atoms with E-state index < -0.39 is 5.60 Å². The molecule has 4 nitrogen and oxygen atoms in total. The molecule has 2 atom stereocenters. The molecule has 2 aliphatic rings. The van der Waals surface area contributed by atoms with Crippen molar-refractivity contribution in [1.29, 1.82) is 0 Å². The van der Waals surface area contributed by atoms with Crippen molar-refractivity contribution >= 4 is 6.08 Å². The van der Waals surface area contributed by atoms with Gasteiger partial charge in [-0.1, -0.05) is 133 Å². The second-order valence-corrected chi connectivity index (χ2v) is 11.0. The Kier molecular flexibility index (Phi) is 5.61. The second kappa shape index (κ2) is 9.64. The fourth-order valence-corrected chi connectivity index (χ4v) is 6.25. The molecule has 2 unspecified atom stereocenters. The lowest BCUT2D eigenvalue weighted by molar-refractivity contribution is 0.100. The van der Waals surface area contributed by atoms with Gasteiger partial charge in [0.1, 0.15) is 11.4 Å². The zero-order chi connectivity index (χ0) is 28.1. The smallest absolute Gasteiger partial charge is 0.167 e. The summed E-state index contributed by atoms with van der Waals surface area (Å²) in [7, 11) is 0. The van der Waals surface area contributed by atoms with Crippen molar-refractivity contribution in [2.45, 2.75) is 18.4 Å². The number of para-hydroxylation sites is 1. The van der Waals surface area contributed by atoms with E-state index in [0.29, 0.717) is 17.5 Å². The number of ether oxygens (including phenoxy) is 1. The maximum atomic E-state index is 6.91. The van der Waals surface area contributed by atoms with Gasteiger partial charge < -0.3 is 4.74 Å². The van der Waals surface area contributed by atoms with E-state index in [-0.39, 0.29) is 5.92 Å². The van der Waals surface area contributed by atoms with Gasteiger partial charge in [0.2, 0.25) is 0 Å². The summed E-state index contributed by atoms with van der Waals surface area (Å²) in [6.07, 6.45) is 4.47. The van der Waals surface area contributed by atoms with Gasteiger partial charge in [-0.25, -0.2) is 15.0 Å². The van der Waals surface area contributed by atoms with Crippen LogP contribution in [0.1, 0.15) is 29.5 Å². The van der Waals surface area contributed by atoms with Crippen molar-refractivity contribution in [3.8, 4) is 51.0 Å². The van der Waals surface area contributed by atoms with Crippen LogP contribution in [0.25, 0.3) is 51.4 Å². The van der Waals surface area contributed by atoms with Gasteiger partial charge in [0.25, 0.3) is 0 Å². The van der Waals surface area contributed by atoms with Gasteiger partial charge in [0.05, 0.1) is 5.56 Å². The fraction of sp³-hybridized carbons (Fsp3) is 0.0789. The summed E-state index contributed by atoms with van der Waals surface area (Å²) in [5.41, 5.74) is 8.10. The first kappa shape index (κ1) is 24.4. The summed E-state index contributed by atoms with van der Waals surface area (Å²) < 4.78 is 6.91. The summed E-state index contributed by atoms with van der Waals surface area (Å²) in [5, 5.41) is 0. The van der Waals surface area contributed by atoms with Gasteiger partial charge in [-0.2, -0.15) is 0 Å². The molecule has 0 bridgehead atoms. The van der Waals surface area contributed by atoms with Crippen molar-refractivity contribution in [2.24, 2.45) is 0 Å². The number of hydrogen-bond acceptors (Lipinski definition) is 4. The predicted octanol–water partition coefficient (Wildman–Crippen LogP) is 8.96. The van der Waals surface area contributed by atoms with Crippen molar-refractivity contribution in [2.75, 3.05) is 0 Å². The minimum Gasteiger partial charge on any atom is -0.481 e. The minimum absolute atomic E-state index is 0.0998. The molecule has 0 saturated carbocycles. The molecule has 0 amide bonds. The van der Waals surface area contributed by atoms with Gasteiger partial charge in [0, 0.05) is 28.2 Å². The Morgan fingerprint density at radius 3 is 1.86 bits per heavy atom. The Balaban J connectivity index is 1.26. The Hall–Kier alpha value is -5.35. The van der Waals surface area contributed by atoms with E-state index in [2.05, 4.69) is 110 Å². The van der Waals surface area contributed by atoms with Gasteiger partial charge in [-0.3, -0.25) is 0 Å². The first-order valence-electron chi connectivity index (χ1n) is 14.2. The molecule has 8 rings (SSSR count). The molecule has 200 valence electrons. The second-order valence-electron chi connectivity index (χ2n) is 11.0. The molecule has 1 aliphatic heterocycles. The molecule has 6 aromatic rings. The molecule has 42 heavy (non-hydrogen) atoms. The van der Waals surface area contributed by atoms with E-state index in [4.69, 9.17) is 19.7 Å². The lowest BCUT2D eigenvalue weighted by atomic mass is 9.75. The zero-order valence-electron chi connectivity index (χ0n) is 23.1. The van der Waals surface area contributed by atoms with Crippen molar-refractivity contribution in [3.63, 3.8) is 0 Å². The quantitative estimate of drug-likeness (QED) is 0.223. The predicted molar refractivity (Wildman–Crippen MR) is 168 cm³/mol. The standard InChI is InChI=1S/C38H27N3O/c1-38-32-18-9-8-13-27(32)23-24-33(38)30-16-10-17-31(34(30)42-38)37-40-35(28-14-6-3-7-15-28)39-36(41-37)29-21-19-26(20-22-29)25-11-4-2-5-12-25/h2-24,33H,1H3. The number of rotatable bonds is 4. The van der Waals surface area contributed by atoms with E-state index in [1.807, 2.05) is 36.4 Å². The molecule has 0 saturated heterocycles. The number of hydrogen-bond donors (Lipinski definition) is 0. The molecule has 0 fully saturated rings. The van der Waals surface area contributed by atoms with Crippen LogP contribution in [0, 0.1) is 0 Å². The number of fused-ring (bicyclic) bond motifs is 5. The van der Waals surface area contributed by atoms with Crippen LogP contribution >= 0.6 is 0 Å². The molecule has 1 aliphatic carbocycles. The molecule has 2 heterocycles. The van der Waals surface area contributed by atoms with Crippen LogP contribution in [0.3, 0.4) is 0 Å². The molecule has 0 radical (unpaired) electrons. The normalized spacial score (nSPS) is 18.1. The average Bonchev–Trinajstić information content (AvgIpc) is 3.38.